The van der Waals surface area contributed by atoms with Gasteiger partial charge in [0, 0.05) is 18.8 Å². The first-order valence-corrected chi connectivity index (χ1v) is 8.11. The molecule has 108 valence electrons. The minimum Gasteiger partial charge on any atom is -0.308 e. The van der Waals surface area contributed by atoms with E-state index in [0.717, 1.165) is 19.4 Å². The molecule has 0 aromatic carbocycles. The molecule has 19 heavy (non-hydrogen) atoms. The molecule has 0 saturated heterocycles. The van der Waals surface area contributed by atoms with Gasteiger partial charge in [-0.3, -0.25) is 4.68 Å². The normalized spacial score (nSPS) is 17.8. The van der Waals surface area contributed by atoms with Crippen molar-refractivity contribution in [2.45, 2.75) is 83.8 Å². The van der Waals surface area contributed by atoms with Crippen LogP contribution in [0, 0.1) is 0 Å². The van der Waals surface area contributed by atoms with Gasteiger partial charge in [-0.2, -0.15) is 5.10 Å². The molecular weight excluding hydrogens is 234 g/mol. The molecular formula is C16H29N3. The number of hydrogen-bond donors (Lipinski definition) is 1. The Morgan fingerprint density at radius 2 is 1.89 bits per heavy atom. The lowest BCUT2D eigenvalue weighted by Gasteiger charge is -2.15. The van der Waals surface area contributed by atoms with Crippen LogP contribution < -0.4 is 5.32 Å². The number of rotatable bonds is 6. The van der Waals surface area contributed by atoms with Crippen molar-refractivity contribution in [3.05, 3.63) is 18.0 Å². The largest absolute Gasteiger partial charge is 0.308 e. The van der Waals surface area contributed by atoms with E-state index in [1.54, 1.807) is 0 Å². The number of nitrogens with zero attached hydrogens (tertiary/aromatic N) is 2. The minimum absolute atomic E-state index is 0.562. The monoisotopic (exact) mass is 263 g/mol. The predicted octanol–water partition coefficient (Wildman–Crippen LogP) is 4.06. The van der Waals surface area contributed by atoms with E-state index >= 15 is 0 Å². The van der Waals surface area contributed by atoms with Crippen LogP contribution in [0.3, 0.4) is 0 Å². The smallest absolute Gasteiger partial charge is 0.0762 e. The zero-order valence-corrected chi connectivity index (χ0v) is 12.6. The van der Waals surface area contributed by atoms with Crippen LogP contribution in [0.25, 0.3) is 0 Å². The van der Waals surface area contributed by atoms with Gasteiger partial charge in [-0.05, 0) is 31.7 Å². The van der Waals surface area contributed by atoms with Gasteiger partial charge in [-0.25, -0.2) is 0 Å². The first kappa shape index (κ1) is 14.6. The lowest BCUT2D eigenvalue weighted by Crippen LogP contribution is -2.28. The van der Waals surface area contributed by atoms with E-state index < -0.39 is 0 Å². The third-order valence-electron chi connectivity index (χ3n) is 4.41. The maximum atomic E-state index is 4.71. The fraction of sp³-hybridized carbons (Fsp3) is 0.812. The lowest BCUT2D eigenvalue weighted by atomic mass is 10.1. The molecule has 3 nitrogen and oxygen atoms in total. The summed E-state index contributed by atoms with van der Waals surface area (Å²) in [6, 6.07) is 3.44. The van der Waals surface area contributed by atoms with E-state index in [0.29, 0.717) is 12.1 Å². The van der Waals surface area contributed by atoms with Crippen LogP contribution >= 0.6 is 0 Å². The van der Waals surface area contributed by atoms with Crippen LogP contribution in [0.2, 0.25) is 0 Å². The third kappa shape index (κ3) is 4.34. The van der Waals surface area contributed by atoms with Gasteiger partial charge in [0.1, 0.15) is 0 Å². The Morgan fingerprint density at radius 3 is 2.53 bits per heavy atom. The Labute approximate surface area is 117 Å². The quantitative estimate of drug-likeness (QED) is 0.784. The minimum atomic E-state index is 0.562. The van der Waals surface area contributed by atoms with Gasteiger partial charge < -0.3 is 5.32 Å². The fourth-order valence-corrected chi connectivity index (χ4v) is 3.07. The number of hydrogen-bond acceptors (Lipinski definition) is 2. The highest BCUT2D eigenvalue weighted by Gasteiger charge is 2.12. The summed E-state index contributed by atoms with van der Waals surface area (Å²) in [5.41, 5.74) is 1.19. The molecule has 0 amide bonds. The summed E-state index contributed by atoms with van der Waals surface area (Å²) in [4.78, 5) is 0. The van der Waals surface area contributed by atoms with Crippen molar-refractivity contribution in [3.8, 4) is 0 Å². The summed E-state index contributed by atoms with van der Waals surface area (Å²) in [5, 5.41) is 8.40. The van der Waals surface area contributed by atoms with Gasteiger partial charge in [-0.15, -0.1) is 0 Å². The lowest BCUT2D eigenvalue weighted by molar-refractivity contribution is 0.417. The summed E-state index contributed by atoms with van der Waals surface area (Å²) in [5.74, 6) is 0. The molecule has 1 saturated carbocycles. The van der Waals surface area contributed by atoms with Crippen molar-refractivity contribution in [3.63, 3.8) is 0 Å². The van der Waals surface area contributed by atoms with Crippen molar-refractivity contribution in [2.75, 3.05) is 0 Å². The predicted molar refractivity (Wildman–Crippen MR) is 80.2 cm³/mol. The first-order valence-electron chi connectivity index (χ1n) is 8.11. The van der Waals surface area contributed by atoms with E-state index in [2.05, 4.69) is 36.1 Å². The van der Waals surface area contributed by atoms with E-state index in [1.807, 2.05) is 0 Å². The van der Waals surface area contributed by atoms with E-state index in [1.165, 1.54) is 44.2 Å². The summed E-state index contributed by atoms with van der Waals surface area (Å²) in [6.45, 7) is 5.40. The van der Waals surface area contributed by atoms with Crippen molar-refractivity contribution in [1.29, 1.82) is 0 Å². The highest BCUT2D eigenvalue weighted by molar-refractivity contribution is 4.99. The summed E-state index contributed by atoms with van der Waals surface area (Å²) in [7, 11) is 0. The molecule has 1 aromatic rings. The van der Waals surface area contributed by atoms with Crippen LogP contribution in [0.5, 0.6) is 0 Å². The molecule has 1 aliphatic rings. The van der Waals surface area contributed by atoms with E-state index in [9.17, 15) is 0 Å². The summed E-state index contributed by atoms with van der Waals surface area (Å²) in [6.07, 6.45) is 12.8. The van der Waals surface area contributed by atoms with Gasteiger partial charge in [-0.1, -0.05) is 39.5 Å². The van der Waals surface area contributed by atoms with Crippen LogP contribution in [-0.2, 0) is 6.54 Å². The molecule has 1 aromatic heterocycles. The molecule has 1 heterocycles. The Balaban J connectivity index is 1.82. The molecule has 0 atom stereocenters. The average Bonchev–Trinajstić information content (AvgIpc) is 2.73. The van der Waals surface area contributed by atoms with E-state index in [-0.39, 0.29) is 0 Å². The average molecular weight is 263 g/mol. The Morgan fingerprint density at radius 1 is 1.21 bits per heavy atom. The second-order valence-corrected chi connectivity index (χ2v) is 5.83. The molecule has 2 rings (SSSR count). The second-order valence-electron chi connectivity index (χ2n) is 5.83. The molecule has 0 radical (unpaired) electrons. The molecule has 3 heteroatoms. The Hall–Kier alpha value is -0.830. The van der Waals surface area contributed by atoms with Gasteiger partial charge in [0.2, 0.25) is 0 Å². The van der Waals surface area contributed by atoms with Gasteiger partial charge in [0.05, 0.1) is 11.7 Å². The molecule has 0 unspecified atom stereocenters. The van der Waals surface area contributed by atoms with Crippen molar-refractivity contribution in [1.82, 2.24) is 15.1 Å². The van der Waals surface area contributed by atoms with Crippen molar-refractivity contribution >= 4 is 0 Å². The zero-order chi connectivity index (χ0) is 13.5. The summed E-state index contributed by atoms with van der Waals surface area (Å²) >= 11 is 0. The van der Waals surface area contributed by atoms with Gasteiger partial charge in [0.25, 0.3) is 0 Å². The topological polar surface area (TPSA) is 29.9 Å². The van der Waals surface area contributed by atoms with E-state index in [4.69, 9.17) is 5.10 Å². The molecule has 1 N–H and O–H groups in total. The van der Waals surface area contributed by atoms with Crippen molar-refractivity contribution < 1.29 is 0 Å². The number of nitrogens with one attached hydrogen (secondary N) is 1. The highest BCUT2D eigenvalue weighted by atomic mass is 15.3. The molecule has 0 spiro atoms. The second kappa shape index (κ2) is 7.68. The molecule has 1 fully saturated rings. The highest BCUT2D eigenvalue weighted by Crippen LogP contribution is 2.18. The number of aromatic nitrogens is 2. The summed E-state index contributed by atoms with van der Waals surface area (Å²) < 4.78 is 2.14. The van der Waals surface area contributed by atoms with Crippen molar-refractivity contribution in [2.24, 2.45) is 0 Å². The van der Waals surface area contributed by atoms with Crippen LogP contribution in [0.4, 0.5) is 0 Å². The van der Waals surface area contributed by atoms with Gasteiger partial charge >= 0.3 is 0 Å². The van der Waals surface area contributed by atoms with Crippen LogP contribution in [0.1, 0.15) is 76.9 Å². The standard InChI is InChI=1S/C16H29N3/c1-3-16(4-2)19-12-11-15(18-19)13-17-14-9-7-5-6-8-10-14/h11-12,14,16-17H,3-10,13H2,1-2H3. The maximum Gasteiger partial charge on any atom is 0.0762 e. The van der Waals surface area contributed by atoms with Crippen LogP contribution in [0.15, 0.2) is 12.3 Å². The molecule has 1 aliphatic carbocycles. The molecule has 0 aliphatic heterocycles. The van der Waals surface area contributed by atoms with Crippen LogP contribution in [-0.4, -0.2) is 15.8 Å². The molecule has 0 bridgehead atoms. The fourth-order valence-electron chi connectivity index (χ4n) is 3.07. The maximum absolute atomic E-state index is 4.71. The SMILES string of the molecule is CCC(CC)n1ccc(CNC2CCCCCC2)n1. The zero-order valence-electron chi connectivity index (χ0n) is 12.6. The van der Waals surface area contributed by atoms with Gasteiger partial charge in [0.15, 0.2) is 0 Å². The Kier molecular flexibility index (Phi) is 5.90. The Bertz CT molecular complexity index is 347. The first-order chi connectivity index (χ1) is 9.33. The third-order valence-corrected chi connectivity index (χ3v) is 4.41.